The molecule has 0 aliphatic heterocycles. The number of benzene rings is 4. The standard InChI is InChI=1S/C31H29N5O4/c1-39-24-14-10-13-23(19-24)30(31(38)32-20-22-11-4-3-5-12-22)36(27-17-8-9-18-28(27)40-2)29(37)21-35-26-16-7-6-15-25(26)33-34-35/h3-19,30H,20-21H2,1-2H3,(H,32,38)/t30-/m0/s1. The molecular formula is C31H29N5O4. The number of ether oxygens (including phenoxy) is 2. The first kappa shape index (κ1) is 26.4. The van der Waals surface area contributed by atoms with Crippen LogP contribution < -0.4 is 19.7 Å². The van der Waals surface area contributed by atoms with Gasteiger partial charge in [-0.05, 0) is 47.5 Å². The molecule has 0 radical (unpaired) electrons. The van der Waals surface area contributed by atoms with Crippen LogP contribution in [0.3, 0.4) is 0 Å². The summed E-state index contributed by atoms with van der Waals surface area (Å²) in [7, 11) is 3.09. The molecule has 0 saturated heterocycles. The maximum atomic E-state index is 14.2. The number of para-hydroxylation sites is 3. The molecule has 0 saturated carbocycles. The van der Waals surface area contributed by atoms with Crippen molar-refractivity contribution in [1.29, 1.82) is 0 Å². The zero-order valence-electron chi connectivity index (χ0n) is 22.2. The monoisotopic (exact) mass is 535 g/mol. The highest BCUT2D eigenvalue weighted by Crippen LogP contribution is 2.36. The maximum Gasteiger partial charge on any atom is 0.249 e. The molecule has 9 heteroatoms. The molecule has 0 bridgehead atoms. The van der Waals surface area contributed by atoms with E-state index >= 15 is 0 Å². The van der Waals surface area contributed by atoms with Crippen LogP contribution in [0.25, 0.3) is 11.0 Å². The Bertz CT molecular complexity index is 1620. The van der Waals surface area contributed by atoms with Gasteiger partial charge < -0.3 is 14.8 Å². The van der Waals surface area contributed by atoms with E-state index in [-0.39, 0.29) is 18.4 Å². The Balaban J connectivity index is 1.60. The highest BCUT2D eigenvalue weighted by Gasteiger charge is 2.35. The summed E-state index contributed by atoms with van der Waals surface area (Å²) in [6, 6.07) is 30.2. The normalized spacial score (nSPS) is 11.6. The van der Waals surface area contributed by atoms with Gasteiger partial charge in [0, 0.05) is 6.54 Å². The number of methoxy groups -OCH3 is 2. The molecule has 40 heavy (non-hydrogen) atoms. The van der Waals surface area contributed by atoms with E-state index in [0.29, 0.717) is 40.3 Å². The third-order valence-corrected chi connectivity index (χ3v) is 6.54. The molecule has 2 amide bonds. The Labute approximate surface area is 231 Å². The smallest absolute Gasteiger partial charge is 0.249 e. The van der Waals surface area contributed by atoms with Gasteiger partial charge in [-0.2, -0.15) is 0 Å². The second kappa shape index (κ2) is 12.1. The van der Waals surface area contributed by atoms with Crippen LogP contribution in [0.1, 0.15) is 17.2 Å². The minimum atomic E-state index is -1.04. The Morgan fingerprint density at radius 1 is 0.875 bits per heavy atom. The molecule has 0 aliphatic rings. The molecule has 202 valence electrons. The number of aromatic nitrogens is 3. The van der Waals surface area contributed by atoms with Gasteiger partial charge in [0.25, 0.3) is 0 Å². The van der Waals surface area contributed by atoms with Crippen molar-refractivity contribution in [1.82, 2.24) is 20.3 Å². The number of hydrogen-bond donors (Lipinski definition) is 1. The molecule has 5 aromatic rings. The van der Waals surface area contributed by atoms with Crippen molar-refractivity contribution in [2.45, 2.75) is 19.1 Å². The minimum absolute atomic E-state index is 0.148. The lowest BCUT2D eigenvalue weighted by Crippen LogP contribution is -2.45. The average molecular weight is 536 g/mol. The third kappa shape index (κ3) is 5.63. The van der Waals surface area contributed by atoms with Gasteiger partial charge in [-0.15, -0.1) is 5.10 Å². The summed E-state index contributed by atoms with van der Waals surface area (Å²) in [5, 5.41) is 11.4. The molecule has 1 N–H and O–H groups in total. The highest BCUT2D eigenvalue weighted by atomic mass is 16.5. The van der Waals surface area contributed by atoms with Gasteiger partial charge in [-0.3, -0.25) is 14.5 Å². The zero-order chi connectivity index (χ0) is 27.9. The van der Waals surface area contributed by atoms with Crippen molar-refractivity contribution in [3.05, 3.63) is 114 Å². The summed E-state index contributed by atoms with van der Waals surface area (Å²) in [6.45, 7) is 0.146. The Morgan fingerprint density at radius 2 is 1.62 bits per heavy atom. The van der Waals surface area contributed by atoms with Crippen molar-refractivity contribution in [3.8, 4) is 11.5 Å². The Kier molecular flexibility index (Phi) is 8.01. The van der Waals surface area contributed by atoms with Crippen molar-refractivity contribution in [2.75, 3.05) is 19.1 Å². The van der Waals surface area contributed by atoms with Gasteiger partial charge in [-0.25, -0.2) is 4.68 Å². The van der Waals surface area contributed by atoms with E-state index in [0.717, 1.165) is 5.56 Å². The van der Waals surface area contributed by atoms with Gasteiger partial charge in [0.15, 0.2) is 0 Å². The van der Waals surface area contributed by atoms with Crippen LogP contribution in [-0.2, 0) is 22.7 Å². The molecule has 4 aromatic carbocycles. The first-order valence-electron chi connectivity index (χ1n) is 12.8. The molecule has 0 spiro atoms. The van der Waals surface area contributed by atoms with E-state index in [4.69, 9.17) is 9.47 Å². The molecule has 5 rings (SSSR count). The molecule has 9 nitrogen and oxygen atoms in total. The van der Waals surface area contributed by atoms with Crippen molar-refractivity contribution in [2.24, 2.45) is 0 Å². The lowest BCUT2D eigenvalue weighted by Gasteiger charge is -2.32. The van der Waals surface area contributed by atoms with Crippen LogP contribution in [0.5, 0.6) is 11.5 Å². The van der Waals surface area contributed by atoms with Crippen LogP contribution in [0.4, 0.5) is 5.69 Å². The van der Waals surface area contributed by atoms with Crippen LogP contribution in [0, 0.1) is 0 Å². The summed E-state index contributed by atoms with van der Waals surface area (Å²) >= 11 is 0. The second-order valence-corrected chi connectivity index (χ2v) is 9.05. The number of rotatable bonds is 10. The van der Waals surface area contributed by atoms with Crippen molar-refractivity contribution >= 4 is 28.5 Å². The summed E-state index contributed by atoms with van der Waals surface area (Å²) in [5.41, 5.74) is 3.34. The summed E-state index contributed by atoms with van der Waals surface area (Å²) < 4.78 is 12.6. The van der Waals surface area contributed by atoms with Gasteiger partial charge >= 0.3 is 0 Å². The van der Waals surface area contributed by atoms with Crippen LogP contribution >= 0.6 is 0 Å². The summed E-state index contributed by atoms with van der Waals surface area (Å²) in [4.78, 5) is 29.7. The first-order chi connectivity index (χ1) is 19.6. The fraction of sp³-hybridized carbons (Fsp3) is 0.161. The van der Waals surface area contributed by atoms with E-state index in [2.05, 4.69) is 15.6 Å². The molecular weight excluding hydrogens is 506 g/mol. The fourth-order valence-corrected chi connectivity index (χ4v) is 4.60. The molecule has 1 aromatic heterocycles. The third-order valence-electron chi connectivity index (χ3n) is 6.54. The van der Waals surface area contributed by atoms with Crippen molar-refractivity contribution in [3.63, 3.8) is 0 Å². The van der Waals surface area contributed by atoms with Gasteiger partial charge in [0.1, 0.15) is 29.6 Å². The summed E-state index contributed by atoms with van der Waals surface area (Å²) in [6.07, 6.45) is 0. The van der Waals surface area contributed by atoms with Gasteiger partial charge in [0.2, 0.25) is 11.8 Å². The zero-order valence-corrected chi connectivity index (χ0v) is 22.2. The predicted molar refractivity (Wildman–Crippen MR) is 152 cm³/mol. The lowest BCUT2D eigenvalue weighted by atomic mass is 10.0. The minimum Gasteiger partial charge on any atom is -0.497 e. The van der Waals surface area contributed by atoms with E-state index in [1.165, 1.54) is 16.7 Å². The van der Waals surface area contributed by atoms with Gasteiger partial charge in [-0.1, -0.05) is 71.9 Å². The molecule has 1 atom stereocenters. The predicted octanol–water partition coefficient (Wildman–Crippen LogP) is 4.54. The van der Waals surface area contributed by atoms with Crippen molar-refractivity contribution < 1.29 is 19.1 Å². The SMILES string of the molecule is COc1cccc([C@@H](C(=O)NCc2ccccc2)N(C(=O)Cn2nnc3ccccc32)c2ccccc2OC)c1. The van der Waals surface area contributed by atoms with E-state index in [9.17, 15) is 9.59 Å². The highest BCUT2D eigenvalue weighted by molar-refractivity contribution is 6.02. The van der Waals surface area contributed by atoms with Crippen LogP contribution in [0.15, 0.2) is 103 Å². The fourth-order valence-electron chi connectivity index (χ4n) is 4.60. The lowest BCUT2D eigenvalue weighted by molar-refractivity contribution is -0.127. The average Bonchev–Trinajstić information content (AvgIpc) is 3.41. The number of nitrogens with zero attached hydrogens (tertiary/aromatic N) is 4. The summed E-state index contributed by atoms with van der Waals surface area (Å²) in [5.74, 6) is 0.277. The second-order valence-electron chi connectivity index (χ2n) is 9.05. The Hall–Kier alpha value is -5.18. The van der Waals surface area contributed by atoms with Crippen LogP contribution in [0.2, 0.25) is 0 Å². The Morgan fingerprint density at radius 3 is 2.42 bits per heavy atom. The van der Waals surface area contributed by atoms with E-state index < -0.39 is 6.04 Å². The first-order valence-corrected chi connectivity index (χ1v) is 12.8. The largest absolute Gasteiger partial charge is 0.497 e. The quantitative estimate of drug-likeness (QED) is 0.282. The van der Waals surface area contributed by atoms with E-state index in [1.54, 1.807) is 49.6 Å². The number of carbonyl (C=O) groups is 2. The number of fused-ring (bicyclic) bond motifs is 1. The maximum absolute atomic E-state index is 14.2. The number of nitrogens with one attached hydrogen (secondary N) is 1. The number of carbonyl (C=O) groups excluding carboxylic acids is 2. The number of amides is 2. The molecule has 0 unspecified atom stereocenters. The van der Waals surface area contributed by atoms with E-state index in [1.807, 2.05) is 60.7 Å². The molecule has 0 fully saturated rings. The number of hydrogen-bond acceptors (Lipinski definition) is 6. The molecule has 0 aliphatic carbocycles. The van der Waals surface area contributed by atoms with Crippen LogP contribution in [-0.4, -0.2) is 41.0 Å². The topological polar surface area (TPSA) is 98.6 Å². The van der Waals surface area contributed by atoms with Gasteiger partial charge in [0.05, 0.1) is 25.4 Å². The number of anilines is 1. The molecule has 1 heterocycles.